The first-order valence-electron chi connectivity index (χ1n) is 4.24. The van der Waals surface area contributed by atoms with Crippen molar-refractivity contribution in [1.82, 2.24) is 0 Å². The summed E-state index contributed by atoms with van der Waals surface area (Å²) >= 11 is 3.06. The molecule has 0 fully saturated rings. The van der Waals surface area contributed by atoms with Crippen molar-refractivity contribution < 1.29 is 17.1 Å². The standard InChI is InChI=1S/C9H9BrFNO3S/c1-5-3-8(12-6(2)13)7(10)4-9(5)16(11,14)15/h3-4H,1-2H3,(H,12,13). The van der Waals surface area contributed by atoms with Gasteiger partial charge in [-0.15, -0.1) is 3.89 Å². The van der Waals surface area contributed by atoms with Gasteiger partial charge in [0.25, 0.3) is 0 Å². The van der Waals surface area contributed by atoms with Gasteiger partial charge in [0.2, 0.25) is 5.91 Å². The lowest BCUT2D eigenvalue weighted by Crippen LogP contribution is -2.07. The molecule has 0 heterocycles. The Morgan fingerprint density at radius 1 is 1.44 bits per heavy atom. The summed E-state index contributed by atoms with van der Waals surface area (Å²) in [5.41, 5.74) is 0.631. The molecule has 0 bridgehead atoms. The van der Waals surface area contributed by atoms with Crippen molar-refractivity contribution in [2.75, 3.05) is 5.32 Å². The molecule has 1 amide bonds. The Kier molecular flexibility index (Phi) is 3.69. The first-order valence-corrected chi connectivity index (χ1v) is 6.42. The summed E-state index contributed by atoms with van der Waals surface area (Å²) in [5, 5.41) is 2.49. The summed E-state index contributed by atoms with van der Waals surface area (Å²) in [7, 11) is -4.74. The topological polar surface area (TPSA) is 63.2 Å². The lowest BCUT2D eigenvalue weighted by atomic mass is 10.2. The quantitative estimate of drug-likeness (QED) is 0.853. The summed E-state index contributed by atoms with van der Waals surface area (Å²) in [6, 6.07) is 2.51. The molecule has 88 valence electrons. The largest absolute Gasteiger partial charge is 0.332 e. The fraction of sp³-hybridized carbons (Fsp3) is 0.222. The fourth-order valence-corrected chi connectivity index (χ4v) is 2.51. The van der Waals surface area contributed by atoms with Crippen LogP contribution in [0, 0.1) is 6.92 Å². The Balaban J connectivity index is 3.33. The number of carbonyl (C=O) groups is 1. The highest BCUT2D eigenvalue weighted by Gasteiger charge is 2.17. The third-order valence-electron chi connectivity index (χ3n) is 1.84. The second-order valence-electron chi connectivity index (χ2n) is 3.22. The Bertz CT molecular complexity index is 542. The van der Waals surface area contributed by atoms with Gasteiger partial charge >= 0.3 is 10.2 Å². The molecule has 16 heavy (non-hydrogen) atoms. The number of amides is 1. The first kappa shape index (κ1) is 13.1. The van der Waals surface area contributed by atoms with E-state index in [-0.39, 0.29) is 11.5 Å². The number of anilines is 1. The lowest BCUT2D eigenvalue weighted by molar-refractivity contribution is -0.114. The molecular formula is C9H9BrFNO3S. The van der Waals surface area contributed by atoms with E-state index in [4.69, 9.17) is 0 Å². The van der Waals surface area contributed by atoms with Crippen molar-refractivity contribution in [3.63, 3.8) is 0 Å². The zero-order valence-corrected chi connectivity index (χ0v) is 10.9. The molecule has 0 unspecified atom stereocenters. The predicted molar refractivity (Wildman–Crippen MR) is 61.5 cm³/mol. The summed E-state index contributed by atoms with van der Waals surface area (Å²) in [5.74, 6) is -0.295. The van der Waals surface area contributed by atoms with Gasteiger partial charge in [-0.1, -0.05) is 0 Å². The minimum Gasteiger partial charge on any atom is -0.325 e. The number of aryl methyl sites for hydroxylation is 1. The van der Waals surface area contributed by atoms with Gasteiger partial charge in [0, 0.05) is 11.4 Å². The number of carbonyl (C=O) groups excluding carboxylic acids is 1. The van der Waals surface area contributed by atoms with E-state index in [0.717, 1.165) is 6.07 Å². The van der Waals surface area contributed by atoms with Crippen LogP contribution in [-0.2, 0) is 15.0 Å². The molecule has 7 heteroatoms. The highest BCUT2D eigenvalue weighted by atomic mass is 79.9. The minimum atomic E-state index is -4.74. The van der Waals surface area contributed by atoms with Crippen LogP contribution < -0.4 is 5.32 Å². The molecule has 0 aromatic heterocycles. The van der Waals surface area contributed by atoms with Gasteiger partial charge in [-0.25, -0.2) is 0 Å². The summed E-state index contributed by atoms with van der Waals surface area (Å²) in [6.07, 6.45) is 0. The van der Waals surface area contributed by atoms with Crippen molar-refractivity contribution in [2.45, 2.75) is 18.7 Å². The zero-order chi connectivity index (χ0) is 12.5. The first-order chi connectivity index (χ1) is 7.21. The second-order valence-corrected chi connectivity index (χ2v) is 5.39. The van der Waals surface area contributed by atoms with Crippen LogP contribution in [0.15, 0.2) is 21.5 Å². The zero-order valence-electron chi connectivity index (χ0n) is 8.54. The van der Waals surface area contributed by atoms with Crippen LogP contribution in [0.1, 0.15) is 12.5 Å². The van der Waals surface area contributed by atoms with E-state index in [2.05, 4.69) is 21.2 Å². The van der Waals surface area contributed by atoms with Gasteiger partial charge in [-0.2, -0.15) is 8.42 Å². The molecule has 0 aliphatic rings. The number of rotatable bonds is 2. The maximum atomic E-state index is 12.8. The molecule has 0 atom stereocenters. The summed E-state index contributed by atoms with van der Waals surface area (Å²) in [4.78, 5) is 10.4. The van der Waals surface area contributed by atoms with Crippen LogP contribution in [0.4, 0.5) is 9.57 Å². The van der Waals surface area contributed by atoms with E-state index < -0.39 is 15.1 Å². The minimum absolute atomic E-state index is 0.231. The summed E-state index contributed by atoms with van der Waals surface area (Å²) in [6.45, 7) is 2.77. The molecule has 0 radical (unpaired) electrons. The molecule has 0 aliphatic carbocycles. The monoisotopic (exact) mass is 309 g/mol. The SMILES string of the molecule is CC(=O)Nc1cc(C)c(S(=O)(=O)F)cc1Br. The van der Waals surface area contributed by atoms with Crippen LogP contribution in [0.5, 0.6) is 0 Å². The average Bonchev–Trinajstić information content (AvgIpc) is 2.07. The molecule has 1 aromatic rings. The van der Waals surface area contributed by atoms with Crippen molar-refractivity contribution in [3.05, 3.63) is 22.2 Å². The van der Waals surface area contributed by atoms with Crippen LogP contribution in [-0.4, -0.2) is 14.3 Å². The van der Waals surface area contributed by atoms with Gasteiger partial charge in [0.15, 0.2) is 0 Å². The normalized spacial score (nSPS) is 11.2. The molecule has 0 saturated carbocycles. The van der Waals surface area contributed by atoms with E-state index >= 15 is 0 Å². The molecule has 0 spiro atoms. The van der Waals surface area contributed by atoms with E-state index in [1.165, 1.54) is 19.9 Å². The van der Waals surface area contributed by atoms with Crippen LogP contribution in [0.3, 0.4) is 0 Å². The van der Waals surface area contributed by atoms with Gasteiger partial charge in [-0.05, 0) is 40.5 Å². The van der Waals surface area contributed by atoms with Crippen molar-refractivity contribution >= 4 is 37.7 Å². The molecule has 0 aliphatic heterocycles. The maximum absolute atomic E-state index is 12.8. The fourth-order valence-electron chi connectivity index (χ4n) is 1.21. The highest BCUT2D eigenvalue weighted by molar-refractivity contribution is 9.10. The average molecular weight is 310 g/mol. The maximum Gasteiger partial charge on any atom is 0.332 e. The number of halogens is 2. The van der Waals surface area contributed by atoms with Crippen LogP contribution in [0.2, 0.25) is 0 Å². The van der Waals surface area contributed by atoms with E-state index in [1.807, 2.05) is 0 Å². The number of nitrogens with one attached hydrogen (secondary N) is 1. The lowest BCUT2D eigenvalue weighted by Gasteiger charge is -2.08. The molecule has 1 rings (SSSR count). The van der Waals surface area contributed by atoms with E-state index in [1.54, 1.807) is 0 Å². The van der Waals surface area contributed by atoms with E-state index in [9.17, 15) is 17.1 Å². The molecule has 1 N–H and O–H groups in total. The third-order valence-corrected chi connectivity index (χ3v) is 3.46. The number of benzene rings is 1. The van der Waals surface area contributed by atoms with E-state index in [0.29, 0.717) is 10.2 Å². The predicted octanol–water partition coefficient (Wildman–Crippen LogP) is 2.37. The second kappa shape index (κ2) is 4.50. The third kappa shape index (κ3) is 3.02. The van der Waals surface area contributed by atoms with Crippen LogP contribution >= 0.6 is 15.9 Å². The van der Waals surface area contributed by atoms with Gasteiger partial charge < -0.3 is 5.32 Å². The van der Waals surface area contributed by atoms with Crippen LogP contribution in [0.25, 0.3) is 0 Å². The smallest absolute Gasteiger partial charge is 0.325 e. The molecule has 4 nitrogen and oxygen atoms in total. The Hall–Kier alpha value is -0.950. The van der Waals surface area contributed by atoms with Crippen molar-refractivity contribution in [2.24, 2.45) is 0 Å². The van der Waals surface area contributed by atoms with Crippen molar-refractivity contribution in [3.8, 4) is 0 Å². The highest BCUT2D eigenvalue weighted by Crippen LogP contribution is 2.29. The number of hydrogen-bond acceptors (Lipinski definition) is 3. The molecule has 0 saturated heterocycles. The molecule has 1 aromatic carbocycles. The van der Waals surface area contributed by atoms with Crippen molar-refractivity contribution in [1.29, 1.82) is 0 Å². The van der Waals surface area contributed by atoms with Gasteiger partial charge in [-0.3, -0.25) is 4.79 Å². The Labute approximate surface area is 101 Å². The van der Waals surface area contributed by atoms with Gasteiger partial charge in [0.05, 0.1) is 5.69 Å². The number of hydrogen-bond donors (Lipinski definition) is 1. The van der Waals surface area contributed by atoms with Gasteiger partial charge in [0.1, 0.15) is 4.90 Å². The Morgan fingerprint density at radius 3 is 2.44 bits per heavy atom. The molecular weight excluding hydrogens is 301 g/mol. The Morgan fingerprint density at radius 2 is 2.00 bits per heavy atom. The summed E-state index contributed by atoms with van der Waals surface area (Å²) < 4.78 is 34.7.